The number of aromatic amines is 1. The molecule has 0 atom stereocenters. The van der Waals surface area contributed by atoms with Gasteiger partial charge in [-0.2, -0.15) is 0 Å². The van der Waals surface area contributed by atoms with Crippen molar-refractivity contribution in [2.75, 3.05) is 18.0 Å². The molecule has 4 heteroatoms. The molecule has 12 heavy (non-hydrogen) atoms. The van der Waals surface area contributed by atoms with Crippen LogP contribution in [0.15, 0.2) is 17.2 Å². The summed E-state index contributed by atoms with van der Waals surface area (Å²) in [7, 11) is 0. The van der Waals surface area contributed by atoms with Crippen molar-refractivity contribution in [1.82, 2.24) is 9.97 Å². The third-order valence-corrected chi connectivity index (χ3v) is 1.75. The molecule has 0 saturated carbocycles. The molecule has 1 aromatic rings. The van der Waals surface area contributed by atoms with Gasteiger partial charge in [0.1, 0.15) is 5.82 Å². The molecule has 0 aliphatic heterocycles. The Hall–Kier alpha value is -1.32. The Morgan fingerprint density at radius 2 is 2.17 bits per heavy atom. The van der Waals surface area contributed by atoms with E-state index in [2.05, 4.69) is 9.97 Å². The minimum Gasteiger partial charge on any atom is -0.357 e. The van der Waals surface area contributed by atoms with E-state index >= 15 is 0 Å². The fraction of sp³-hybridized carbons (Fsp3) is 0.500. The normalized spacial score (nSPS) is 9.83. The van der Waals surface area contributed by atoms with Gasteiger partial charge >= 0.3 is 0 Å². The van der Waals surface area contributed by atoms with Crippen LogP contribution in [-0.2, 0) is 0 Å². The van der Waals surface area contributed by atoms with E-state index in [0.29, 0.717) is 0 Å². The van der Waals surface area contributed by atoms with Gasteiger partial charge in [0.05, 0.1) is 6.33 Å². The number of hydrogen-bond donors (Lipinski definition) is 1. The molecule has 1 N–H and O–H groups in total. The first-order chi connectivity index (χ1) is 5.77. The summed E-state index contributed by atoms with van der Waals surface area (Å²) >= 11 is 0. The molecule has 0 bridgehead atoms. The third kappa shape index (κ3) is 1.84. The lowest BCUT2D eigenvalue weighted by molar-refractivity contribution is 0.838. The highest BCUT2D eigenvalue weighted by molar-refractivity contribution is 5.35. The van der Waals surface area contributed by atoms with Crippen LogP contribution in [0.4, 0.5) is 5.82 Å². The molecular formula is C8H13N3O. The first-order valence-corrected chi connectivity index (χ1v) is 4.07. The molecular weight excluding hydrogens is 154 g/mol. The van der Waals surface area contributed by atoms with E-state index in [0.717, 1.165) is 18.9 Å². The Kier molecular flexibility index (Phi) is 2.85. The van der Waals surface area contributed by atoms with E-state index in [1.165, 1.54) is 12.4 Å². The Balaban J connectivity index is 2.93. The van der Waals surface area contributed by atoms with Gasteiger partial charge in [-0.3, -0.25) is 4.79 Å². The number of aromatic nitrogens is 2. The summed E-state index contributed by atoms with van der Waals surface area (Å²) in [6, 6.07) is 1.51. The molecule has 0 saturated heterocycles. The van der Waals surface area contributed by atoms with Crippen LogP contribution in [0.25, 0.3) is 0 Å². The summed E-state index contributed by atoms with van der Waals surface area (Å²) in [5, 5.41) is 0. The second-order valence-electron chi connectivity index (χ2n) is 2.44. The topological polar surface area (TPSA) is 49.0 Å². The molecule has 0 aliphatic rings. The largest absolute Gasteiger partial charge is 0.357 e. The van der Waals surface area contributed by atoms with Gasteiger partial charge in [-0.15, -0.1) is 0 Å². The van der Waals surface area contributed by atoms with Crippen molar-refractivity contribution >= 4 is 5.82 Å². The molecule has 66 valence electrons. The predicted molar refractivity (Wildman–Crippen MR) is 48.4 cm³/mol. The van der Waals surface area contributed by atoms with E-state index < -0.39 is 0 Å². The van der Waals surface area contributed by atoms with Gasteiger partial charge in [-0.05, 0) is 13.8 Å². The zero-order valence-electron chi connectivity index (χ0n) is 7.37. The highest BCUT2D eigenvalue weighted by Crippen LogP contribution is 2.03. The maximum atomic E-state index is 10.9. The third-order valence-electron chi connectivity index (χ3n) is 1.75. The molecule has 0 amide bonds. The fourth-order valence-electron chi connectivity index (χ4n) is 1.08. The van der Waals surface area contributed by atoms with Crippen molar-refractivity contribution in [2.45, 2.75) is 13.8 Å². The van der Waals surface area contributed by atoms with Gasteiger partial charge in [-0.25, -0.2) is 4.98 Å². The Labute approximate surface area is 71.3 Å². The monoisotopic (exact) mass is 167 g/mol. The quantitative estimate of drug-likeness (QED) is 0.717. The Morgan fingerprint density at radius 1 is 1.50 bits per heavy atom. The molecule has 1 aromatic heterocycles. The number of rotatable bonds is 3. The lowest BCUT2D eigenvalue weighted by atomic mass is 10.4. The van der Waals surface area contributed by atoms with E-state index in [-0.39, 0.29) is 5.56 Å². The van der Waals surface area contributed by atoms with Gasteiger partial charge in [0, 0.05) is 19.2 Å². The van der Waals surface area contributed by atoms with Crippen LogP contribution >= 0.6 is 0 Å². The molecule has 0 radical (unpaired) electrons. The van der Waals surface area contributed by atoms with Crippen molar-refractivity contribution in [3.8, 4) is 0 Å². The maximum absolute atomic E-state index is 10.9. The summed E-state index contributed by atoms with van der Waals surface area (Å²) in [4.78, 5) is 19.5. The van der Waals surface area contributed by atoms with Crippen molar-refractivity contribution in [2.24, 2.45) is 0 Å². The second-order valence-corrected chi connectivity index (χ2v) is 2.44. The summed E-state index contributed by atoms with van der Waals surface area (Å²) in [6.45, 7) is 5.80. The first kappa shape index (κ1) is 8.77. The number of nitrogens with zero attached hydrogens (tertiary/aromatic N) is 2. The van der Waals surface area contributed by atoms with Crippen LogP contribution in [-0.4, -0.2) is 23.1 Å². The molecule has 0 aromatic carbocycles. The standard InChI is InChI=1S/C8H13N3O/c1-3-11(4-2)7-5-8(12)10-6-9-7/h5-6H,3-4H2,1-2H3,(H,9,10,12). The summed E-state index contributed by atoms with van der Waals surface area (Å²) in [6.07, 6.45) is 1.43. The predicted octanol–water partition coefficient (Wildman–Crippen LogP) is 0.616. The molecule has 0 fully saturated rings. The molecule has 0 spiro atoms. The van der Waals surface area contributed by atoms with Gasteiger partial charge in [-0.1, -0.05) is 0 Å². The highest BCUT2D eigenvalue weighted by atomic mass is 16.1. The molecule has 1 rings (SSSR count). The maximum Gasteiger partial charge on any atom is 0.252 e. The van der Waals surface area contributed by atoms with Gasteiger partial charge < -0.3 is 9.88 Å². The zero-order valence-corrected chi connectivity index (χ0v) is 7.37. The Bertz CT molecular complexity index is 290. The highest BCUT2D eigenvalue weighted by Gasteiger charge is 2.01. The summed E-state index contributed by atoms with van der Waals surface area (Å²) in [5.41, 5.74) is -0.105. The average molecular weight is 167 g/mol. The van der Waals surface area contributed by atoms with Crippen molar-refractivity contribution < 1.29 is 0 Å². The van der Waals surface area contributed by atoms with Crippen LogP contribution in [0, 0.1) is 0 Å². The molecule has 4 nitrogen and oxygen atoms in total. The number of anilines is 1. The lowest BCUT2D eigenvalue weighted by Crippen LogP contribution is -2.24. The number of H-pyrrole nitrogens is 1. The minimum atomic E-state index is -0.105. The van der Waals surface area contributed by atoms with Gasteiger partial charge in [0.15, 0.2) is 0 Å². The van der Waals surface area contributed by atoms with Crippen LogP contribution in [0.2, 0.25) is 0 Å². The molecule has 1 heterocycles. The number of hydrogen-bond acceptors (Lipinski definition) is 3. The minimum absolute atomic E-state index is 0.105. The smallest absolute Gasteiger partial charge is 0.252 e. The summed E-state index contributed by atoms with van der Waals surface area (Å²) in [5.74, 6) is 0.740. The summed E-state index contributed by atoms with van der Waals surface area (Å²) < 4.78 is 0. The zero-order chi connectivity index (χ0) is 8.97. The molecule has 0 aliphatic carbocycles. The van der Waals surface area contributed by atoms with E-state index in [9.17, 15) is 4.79 Å². The lowest BCUT2D eigenvalue weighted by Gasteiger charge is -2.18. The van der Waals surface area contributed by atoms with Crippen molar-refractivity contribution in [3.05, 3.63) is 22.7 Å². The van der Waals surface area contributed by atoms with E-state index in [1.54, 1.807) is 0 Å². The molecule has 0 unspecified atom stereocenters. The van der Waals surface area contributed by atoms with Crippen molar-refractivity contribution in [1.29, 1.82) is 0 Å². The van der Waals surface area contributed by atoms with E-state index in [4.69, 9.17) is 0 Å². The fourth-order valence-corrected chi connectivity index (χ4v) is 1.08. The van der Waals surface area contributed by atoms with Crippen molar-refractivity contribution in [3.63, 3.8) is 0 Å². The SMILES string of the molecule is CCN(CC)c1cc(=O)[nH]cn1. The first-order valence-electron chi connectivity index (χ1n) is 4.07. The number of nitrogens with one attached hydrogen (secondary N) is 1. The van der Waals surface area contributed by atoms with Crippen LogP contribution in [0.5, 0.6) is 0 Å². The van der Waals surface area contributed by atoms with Crippen LogP contribution < -0.4 is 10.5 Å². The van der Waals surface area contributed by atoms with Crippen LogP contribution in [0.3, 0.4) is 0 Å². The second kappa shape index (κ2) is 3.90. The average Bonchev–Trinajstić information content (AvgIpc) is 2.07. The van der Waals surface area contributed by atoms with Gasteiger partial charge in [0.2, 0.25) is 0 Å². The Morgan fingerprint density at radius 3 is 2.67 bits per heavy atom. The van der Waals surface area contributed by atoms with Gasteiger partial charge in [0.25, 0.3) is 5.56 Å². The van der Waals surface area contributed by atoms with E-state index in [1.807, 2.05) is 18.7 Å². The van der Waals surface area contributed by atoms with Crippen LogP contribution in [0.1, 0.15) is 13.8 Å².